The number of carbonyl (C=O) groups excluding carboxylic acids is 1. The van der Waals surface area contributed by atoms with Crippen molar-refractivity contribution in [2.45, 2.75) is 32.4 Å². The van der Waals surface area contributed by atoms with Crippen LogP contribution in [-0.4, -0.2) is 28.5 Å². The standard InChI is InChI=1S/C21H24N3O.ClH/c25-21(22-13-7-2-8-14-22)16-24-17-23(15-18-9-3-1-4-10-18)19-11-5-6-12-20(19)24;/h1,3-6,9-12,17H,2,7-8,13-16H2;1H/q+1;/p-1. The van der Waals surface area contributed by atoms with Crippen molar-refractivity contribution in [1.82, 2.24) is 9.47 Å². The molecule has 136 valence electrons. The number of aromatic nitrogens is 2. The number of imidazole rings is 1. The molecule has 2 aromatic carbocycles. The molecule has 0 saturated carbocycles. The molecule has 1 amide bonds. The van der Waals surface area contributed by atoms with Gasteiger partial charge in [0.05, 0.1) is 0 Å². The van der Waals surface area contributed by atoms with Crippen LogP contribution in [-0.2, 0) is 17.9 Å². The first-order chi connectivity index (χ1) is 12.3. The Morgan fingerprint density at radius 3 is 2.38 bits per heavy atom. The Morgan fingerprint density at radius 1 is 0.923 bits per heavy atom. The molecular formula is C21H24ClN3O. The minimum absolute atomic E-state index is 0. The van der Waals surface area contributed by atoms with E-state index in [0.29, 0.717) is 6.54 Å². The van der Waals surface area contributed by atoms with Crippen LogP contribution in [0.2, 0.25) is 0 Å². The highest BCUT2D eigenvalue weighted by molar-refractivity contribution is 5.79. The molecule has 0 spiro atoms. The summed E-state index contributed by atoms with van der Waals surface area (Å²) in [6.07, 6.45) is 5.59. The second kappa shape index (κ2) is 8.37. The maximum atomic E-state index is 12.7. The van der Waals surface area contributed by atoms with E-state index in [-0.39, 0.29) is 18.3 Å². The molecule has 0 aliphatic carbocycles. The third kappa shape index (κ3) is 3.91. The Bertz CT molecular complexity index is 869. The summed E-state index contributed by atoms with van der Waals surface area (Å²) in [5.41, 5.74) is 3.54. The summed E-state index contributed by atoms with van der Waals surface area (Å²) < 4.78 is 4.32. The minimum Gasteiger partial charge on any atom is -1.00 e. The van der Waals surface area contributed by atoms with Crippen molar-refractivity contribution in [3.8, 4) is 0 Å². The van der Waals surface area contributed by atoms with E-state index in [2.05, 4.69) is 57.9 Å². The molecule has 0 radical (unpaired) electrons. The number of halogens is 1. The minimum atomic E-state index is 0. The zero-order valence-electron chi connectivity index (χ0n) is 14.9. The van der Waals surface area contributed by atoms with Crippen molar-refractivity contribution >= 4 is 16.9 Å². The number of likely N-dealkylation sites (tertiary alicyclic amines) is 1. The summed E-state index contributed by atoms with van der Waals surface area (Å²) in [5.74, 6) is 0.229. The molecule has 1 saturated heterocycles. The normalized spacial score (nSPS) is 14.2. The van der Waals surface area contributed by atoms with Crippen LogP contribution in [0.1, 0.15) is 24.8 Å². The number of hydrogen-bond donors (Lipinski definition) is 0. The number of nitrogens with zero attached hydrogens (tertiary/aromatic N) is 3. The number of amides is 1. The van der Waals surface area contributed by atoms with Gasteiger partial charge in [-0.2, -0.15) is 0 Å². The molecule has 1 aromatic heterocycles. The fraction of sp³-hybridized carbons (Fsp3) is 0.333. The lowest BCUT2D eigenvalue weighted by atomic mass is 10.1. The van der Waals surface area contributed by atoms with Crippen LogP contribution in [0, 0.1) is 0 Å². The number of carbonyl (C=O) groups is 1. The van der Waals surface area contributed by atoms with Gasteiger partial charge in [-0.1, -0.05) is 42.5 Å². The number of hydrogen-bond acceptors (Lipinski definition) is 1. The predicted octanol–water partition coefficient (Wildman–Crippen LogP) is -0.00640. The van der Waals surface area contributed by atoms with Gasteiger partial charge >= 0.3 is 0 Å². The Hall–Kier alpha value is -2.33. The van der Waals surface area contributed by atoms with Crippen molar-refractivity contribution in [2.75, 3.05) is 13.1 Å². The predicted molar refractivity (Wildman–Crippen MR) is 98.1 cm³/mol. The van der Waals surface area contributed by atoms with Gasteiger partial charge in [-0.25, -0.2) is 9.13 Å². The second-order valence-corrected chi connectivity index (χ2v) is 6.79. The fourth-order valence-electron chi connectivity index (χ4n) is 3.66. The third-order valence-electron chi connectivity index (χ3n) is 4.99. The largest absolute Gasteiger partial charge is 1.00 e. The summed E-state index contributed by atoms with van der Waals surface area (Å²) in [5, 5.41) is 0. The topological polar surface area (TPSA) is 29.1 Å². The average Bonchev–Trinajstić information content (AvgIpc) is 3.01. The molecular weight excluding hydrogens is 346 g/mol. The smallest absolute Gasteiger partial charge is 0.264 e. The van der Waals surface area contributed by atoms with Gasteiger partial charge in [0.25, 0.3) is 5.91 Å². The molecule has 0 atom stereocenters. The summed E-state index contributed by atoms with van der Waals surface area (Å²) in [7, 11) is 0. The van der Waals surface area contributed by atoms with E-state index in [1.165, 1.54) is 12.0 Å². The fourth-order valence-corrected chi connectivity index (χ4v) is 3.66. The van der Waals surface area contributed by atoms with Crippen LogP contribution in [0.15, 0.2) is 60.9 Å². The number of piperidine rings is 1. The molecule has 0 N–H and O–H groups in total. The van der Waals surface area contributed by atoms with E-state index in [9.17, 15) is 4.79 Å². The van der Waals surface area contributed by atoms with Crippen LogP contribution < -0.4 is 17.0 Å². The molecule has 26 heavy (non-hydrogen) atoms. The lowest BCUT2D eigenvalue weighted by molar-refractivity contribution is -0.663. The van der Waals surface area contributed by atoms with E-state index in [1.807, 2.05) is 17.0 Å². The van der Waals surface area contributed by atoms with Crippen LogP contribution in [0.25, 0.3) is 11.0 Å². The van der Waals surface area contributed by atoms with Crippen molar-refractivity contribution in [1.29, 1.82) is 0 Å². The number of fused-ring (bicyclic) bond motifs is 1. The zero-order valence-corrected chi connectivity index (χ0v) is 15.6. The maximum Gasteiger partial charge on any atom is 0.264 e. The van der Waals surface area contributed by atoms with Crippen molar-refractivity contribution < 1.29 is 21.8 Å². The van der Waals surface area contributed by atoms with Gasteiger partial charge in [0, 0.05) is 13.1 Å². The second-order valence-electron chi connectivity index (χ2n) is 6.79. The molecule has 3 aromatic rings. The van der Waals surface area contributed by atoms with Gasteiger partial charge < -0.3 is 17.3 Å². The summed E-state index contributed by atoms with van der Waals surface area (Å²) in [6.45, 7) is 3.04. The lowest BCUT2D eigenvalue weighted by Gasteiger charge is -2.25. The van der Waals surface area contributed by atoms with Crippen LogP contribution >= 0.6 is 0 Å². The zero-order chi connectivity index (χ0) is 17.1. The first-order valence-corrected chi connectivity index (χ1v) is 9.10. The summed E-state index contributed by atoms with van der Waals surface area (Å²) >= 11 is 0. The van der Waals surface area contributed by atoms with Gasteiger partial charge in [-0.3, -0.25) is 4.79 Å². The van der Waals surface area contributed by atoms with Crippen LogP contribution in [0.4, 0.5) is 0 Å². The Kier molecular flexibility index (Phi) is 5.94. The van der Waals surface area contributed by atoms with E-state index >= 15 is 0 Å². The molecule has 1 aliphatic rings. The first kappa shape index (κ1) is 18.5. The number of para-hydroxylation sites is 2. The molecule has 5 heteroatoms. The van der Waals surface area contributed by atoms with Gasteiger partial charge in [0.15, 0.2) is 17.6 Å². The first-order valence-electron chi connectivity index (χ1n) is 9.10. The summed E-state index contributed by atoms with van der Waals surface area (Å²) in [6, 6.07) is 18.8. The highest BCUT2D eigenvalue weighted by Crippen LogP contribution is 2.14. The highest BCUT2D eigenvalue weighted by atomic mass is 35.5. The molecule has 1 aliphatic heterocycles. The molecule has 4 nitrogen and oxygen atoms in total. The highest BCUT2D eigenvalue weighted by Gasteiger charge is 2.22. The third-order valence-corrected chi connectivity index (χ3v) is 4.99. The van der Waals surface area contributed by atoms with E-state index in [4.69, 9.17) is 0 Å². The van der Waals surface area contributed by atoms with E-state index < -0.39 is 0 Å². The van der Waals surface area contributed by atoms with Gasteiger partial charge in [0.1, 0.15) is 6.54 Å². The quantitative estimate of drug-likeness (QED) is 0.595. The molecule has 0 unspecified atom stereocenters. The molecule has 0 bridgehead atoms. The number of benzene rings is 2. The maximum absolute atomic E-state index is 12.7. The SMILES string of the molecule is O=C(Cn1c[n+](Cc2ccccc2)c2ccccc21)N1CCCCC1.[Cl-]. The lowest BCUT2D eigenvalue weighted by Crippen LogP contribution is -3.00. The average molecular weight is 370 g/mol. The van der Waals surface area contributed by atoms with Crippen LogP contribution in [0.3, 0.4) is 0 Å². The molecule has 2 heterocycles. The monoisotopic (exact) mass is 369 g/mol. The van der Waals surface area contributed by atoms with Gasteiger partial charge in [-0.05, 0) is 37.0 Å². The molecule has 1 fully saturated rings. The van der Waals surface area contributed by atoms with Crippen LogP contribution in [0.5, 0.6) is 0 Å². The van der Waals surface area contributed by atoms with Crippen molar-refractivity contribution in [3.05, 3.63) is 66.5 Å². The number of rotatable bonds is 4. The summed E-state index contributed by atoms with van der Waals surface area (Å²) in [4.78, 5) is 14.7. The van der Waals surface area contributed by atoms with E-state index in [1.54, 1.807) is 0 Å². The van der Waals surface area contributed by atoms with E-state index in [0.717, 1.165) is 43.5 Å². The Morgan fingerprint density at radius 2 is 1.62 bits per heavy atom. The van der Waals surface area contributed by atoms with Gasteiger partial charge in [0.2, 0.25) is 6.33 Å². The Balaban J connectivity index is 0.00000196. The van der Waals surface area contributed by atoms with Gasteiger partial charge in [-0.15, -0.1) is 0 Å². The van der Waals surface area contributed by atoms with Crippen molar-refractivity contribution in [3.63, 3.8) is 0 Å². The Labute approximate surface area is 160 Å². The van der Waals surface area contributed by atoms with Crippen molar-refractivity contribution in [2.24, 2.45) is 0 Å². The molecule has 4 rings (SSSR count).